The van der Waals surface area contributed by atoms with Gasteiger partial charge >= 0.3 is 18.1 Å². The number of para-hydroxylation sites is 1. The maximum atomic E-state index is 12.2. The number of hydrogen-bond acceptors (Lipinski definition) is 6. The lowest BCUT2D eigenvalue weighted by Gasteiger charge is -2.33. The topological polar surface area (TPSA) is 124 Å². The molecule has 1 heterocycles. The molecule has 0 aromatic heterocycles. The average molecular weight is 468 g/mol. The van der Waals surface area contributed by atoms with E-state index in [0.717, 1.165) is 12.8 Å². The molecule has 0 radical (unpaired) electrons. The van der Waals surface area contributed by atoms with Gasteiger partial charge in [-0.15, -0.1) is 0 Å². The Hall–Kier alpha value is -2.38. The number of carboxylic acids is 2. The van der Waals surface area contributed by atoms with Crippen LogP contribution in [0.3, 0.4) is 0 Å². The number of rotatable bonds is 7. The molecule has 0 atom stereocenters. The van der Waals surface area contributed by atoms with Crippen LogP contribution in [0.25, 0.3) is 0 Å². The van der Waals surface area contributed by atoms with E-state index in [9.17, 15) is 26.4 Å². The first kappa shape index (κ1) is 24.9. The van der Waals surface area contributed by atoms with E-state index in [1.54, 1.807) is 22.5 Å². The molecule has 1 saturated heterocycles. The van der Waals surface area contributed by atoms with Crippen molar-refractivity contribution in [2.24, 2.45) is 0 Å². The number of sulfonamides is 1. The van der Waals surface area contributed by atoms with Gasteiger partial charge in [-0.25, -0.2) is 18.0 Å². The molecular weight excluding hydrogens is 445 g/mol. The van der Waals surface area contributed by atoms with Gasteiger partial charge in [-0.1, -0.05) is 12.1 Å². The number of aliphatic carboxylic acids is 1. The number of ether oxygens (including phenoxy) is 1. The molecule has 2 aliphatic rings. The number of aromatic carboxylic acids is 1. The molecular formula is C18H23F3N2O7S. The Kier molecular flexibility index (Phi) is 8.26. The largest absolute Gasteiger partial charge is 0.491 e. The van der Waals surface area contributed by atoms with E-state index in [1.165, 1.54) is 6.07 Å². The van der Waals surface area contributed by atoms with Crippen LogP contribution in [-0.4, -0.2) is 90.5 Å². The fourth-order valence-corrected chi connectivity index (χ4v) is 4.66. The zero-order chi connectivity index (χ0) is 23.2. The fourth-order valence-electron chi connectivity index (χ4n) is 2.84. The van der Waals surface area contributed by atoms with E-state index < -0.39 is 28.1 Å². The zero-order valence-corrected chi connectivity index (χ0v) is 17.2. The number of halogens is 3. The summed E-state index contributed by atoms with van der Waals surface area (Å²) < 4.78 is 63.3. The number of carboxylic acid groups (broad SMARTS) is 2. The Balaban J connectivity index is 0.000000423. The van der Waals surface area contributed by atoms with Crippen LogP contribution in [0.15, 0.2) is 24.3 Å². The molecule has 1 aliphatic carbocycles. The second-order valence-electron chi connectivity index (χ2n) is 6.94. The van der Waals surface area contributed by atoms with Crippen molar-refractivity contribution in [1.82, 2.24) is 9.21 Å². The van der Waals surface area contributed by atoms with Crippen LogP contribution >= 0.6 is 0 Å². The van der Waals surface area contributed by atoms with Gasteiger partial charge in [0.1, 0.15) is 17.9 Å². The van der Waals surface area contributed by atoms with E-state index in [0.29, 0.717) is 45.1 Å². The summed E-state index contributed by atoms with van der Waals surface area (Å²) in [7, 11) is -3.08. The molecule has 0 spiro atoms. The molecule has 13 heteroatoms. The summed E-state index contributed by atoms with van der Waals surface area (Å²) in [5, 5.41) is 16.1. The zero-order valence-electron chi connectivity index (χ0n) is 16.4. The van der Waals surface area contributed by atoms with Gasteiger partial charge in [-0.2, -0.15) is 17.5 Å². The highest BCUT2D eigenvalue weighted by Gasteiger charge is 2.41. The van der Waals surface area contributed by atoms with E-state index in [1.807, 2.05) is 0 Å². The number of piperazine rings is 1. The summed E-state index contributed by atoms with van der Waals surface area (Å²) in [6.45, 7) is 3.41. The molecule has 174 valence electrons. The normalized spacial score (nSPS) is 18.0. The second-order valence-corrected chi connectivity index (χ2v) is 9.15. The van der Waals surface area contributed by atoms with Gasteiger partial charge in [0, 0.05) is 32.7 Å². The minimum atomic E-state index is -5.08. The second kappa shape index (κ2) is 10.3. The van der Waals surface area contributed by atoms with Crippen molar-refractivity contribution in [2.75, 3.05) is 39.3 Å². The molecule has 1 saturated carbocycles. The third-order valence-electron chi connectivity index (χ3n) is 4.66. The Morgan fingerprint density at radius 1 is 1.06 bits per heavy atom. The fraction of sp³-hybridized carbons (Fsp3) is 0.556. The van der Waals surface area contributed by atoms with Crippen LogP contribution in [0.4, 0.5) is 13.2 Å². The van der Waals surface area contributed by atoms with Gasteiger partial charge < -0.3 is 14.9 Å². The number of benzene rings is 1. The highest BCUT2D eigenvalue weighted by molar-refractivity contribution is 7.90. The monoisotopic (exact) mass is 468 g/mol. The van der Waals surface area contributed by atoms with Crippen molar-refractivity contribution in [1.29, 1.82) is 0 Å². The third kappa shape index (κ3) is 7.36. The molecule has 9 nitrogen and oxygen atoms in total. The standard InChI is InChI=1S/C16H22N2O5S.C2HF3O2/c19-16(20)14-3-1-2-4-15(14)23-12-11-17-7-9-18(10-8-17)24(21,22)13-5-6-13;3-2(4,5)1(6)7/h1-4,13H,5-12H2,(H,19,20);(H,6,7). The molecule has 1 aromatic carbocycles. The Morgan fingerprint density at radius 3 is 2.10 bits per heavy atom. The first-order valence-electron chi connectivity index (χ1n) is 9.39. The molecule has 0 bridgehead atoms. The van der Waals surface area contributed by atoms with Crippen molar-refractivity contribution in [3.8, 4) is 5.75 Å². The van der Waals surface area contributed by atoms with Crippen LogP contribution in [0, 0.1) is 0 Å². The van der Waals surface area contributed by atoms with Crippen LogP contribution in [0.2, 0.25) is 0 Å². The highest BCUT2D eigenvalue weighted by atomic mass is 32.2. The quantitative estimate of drug-likeness (QED) is 0.617. The highest BCUT2D eigenvalue weighted by Crippen LogP contribution is 2.31. The molecule has 3 rings (SSSR count). The summed E-state index contributed by atoms with van der Waals surface area (Å²) in [6.07, 6.45) is -3.50. The lowest BCUT2D eigenvalue weighted by atomic mass is 10.2. The summed E-state index contributed by atoms with van der Waals surface area (Å²) in [4.78, 5) is 22.2. The SMILES string of the molecule is O=C(O)C(F)(F)F.O=C(O)c1ccccc1OCCN1CCN(S(=O)(=O)C2CC2)CC1. The number of nitrogens with zero attached hydrogens (tertiary/aromatic N) is 2. The lowest BCUT2D eigenvalue weighted by molar-refractivity contribution is -0.192. The maximum absolute atomic E-state index is 12.2. The molecule has 31 heavy (non-hydrogen) atoms. The summed E-state index contributed by atoms with van der Waals surface area (Å²) in [5.41, 5.74) is 0.151. The average Bonchev–Trinajstić information content (AvgIpc) is 3.54. The Bertz CT molecular complexity index is 880. The number of carbonyl (C=O) groups is 2. The molecule has 2 fully saturated rings. The Labute approximate surface area is 177 Å². The van der Waals surface area contributed by atoms with Crippen LogP contribution in [0.5, 0.6) is 5.75 Å². The van der Waals surface area contributed by atoms with Crippen LogP contribution in [0.1, 0.15) is 23.2 Å². The van der Waals surface area contributed by atoms with Gasteiger partial charge in [-0.05, 0) is 25.0 Å². The van der Waals surface area contributed by atoms with Gasteiger partial charge in [-0.3, -0.25) is 4.90 Å². The summed E-state index contributed by atoms with van der Waals surface area (Å²) >= 11 is 0. The molecule has 0 amide bonds. The minimum absolute atomic E-state index is 0.151. The number of hydrogen-bond donors (Lipinski definition) is 2. The number of alkyl halides is 3. The van der Waals surface area contributed by atoms with Gasteiger partial charge in [0.15, 0.2) is 0 Å². The molecule has 0 unspecified atom stereocenters. The third-order valence-corrected chi connectivity index (χ3v) is 7.06. The van der Waals surface area contributed by atoms with E-state index in [-0.39, 0.29) is 10.8 Å². The van der Waals surface area contributed by atoms with E-state index in [4.69, 9.17) is 19.7 Å². The van der Waals surface area contributed by atoms with E-state index in [2.05, 4.69) is 4.90 Å². The van der Waals surface area contributed by atoms with Crippen molar-refractivity contribution < 1.29 is 46.1 Å². The first-order valence-corrected chi connectivity index (χ1v) is 10.9. The van der Waals surface area contributed by atoms with Gasteiger partial charge in [0.05, 0.1) is 5.25 Å². The Morgan fingerprint density at radius 2 is 1.61 bits per heavy atom. The molecule has 1 aliphatic heterocycles. The summed E-state index contributed by atoms with van der Waals surface area (Å²) in [5.74, 6) is -3.41. The van der Waals surface area contributed by atoms with Crippen molar-refractivity contribution in [3.05, 3.63) is 29.8 Å². The van der Waals surface area contributed by atoms with Gasteiger partial charge in [0.2, 0.25) is 10.0 Å². The van der Waals surface area contributed by atoms with Crippen molar-refractivity contribution in [3.63, 3.8) is 0 Å². The smallest absolute Gasteiger partial charge is 0.490 e. The van der Waals surface area contributed by atoms with Crippen molar-refractivity contribution >= 4 is 22.0 Å². The van der Waals surface area contributed by atoms with Crippen LogP contribution < -0.4 is 4.74 Å². The predicted molar refractivity (Wildman–Crippen MR) is 103 cm³/mol. The van der Waals surface area contributed by atoms with Crippen molar-refractivity contribution in [2.45, 2.75) is 24.3 Å². The van der Waals surface area contributed by atoms with Gasteiger partial charge in [0.25, 0.3) is 0 Å². The predicted octanol–water partition coefficient (Wildman–Crippen LogP) is 1.51. The molecule has 2 N–H and O–H groups in total. The lowest BCUT2D eigenvalue weighted by Crippen LogP contribution is -2.50. The van der Waals surface area contributed by atoms with Crippen LogP contribution in [-0.2, 0) is 14.8 Å². The molecule has 1 aromatic rings. The minimum Gasteiger partial charge on any atom is -0.491 e. The summed E-state index contributed by atoms with van der Waals surface area (Å²) in [6, 6.07) is 6.56. The maximum Gasteiger partial charge on any atom is 0.490 e. The van der Waals surface area contributed by atoms with E-state index >= 15 is 0 Å². The first-order chi connectivity index (χ1) is 14.4.